The van der Waals surface area contributed by atoms with Crippen LogP contribution in [0.15, 0.2) is 152 Å². The number of hydrogen-bond acceptors (Lipinski definition) is 5. The zero-order valence-electron chi connectivity index (χ0n) is 26.3. The number of ether oxygens (including phenoxy) is 4. The molecule has 0 radical (unpaired) electrons. The minimum atomic E-state index is -0.553. The van der Waals surface area contributed by atoms with Gasteiger partial charge in [0.05, 0.1) is 0 Å². The van der Waals surface area contributed by atoms with Gasteiger partial charge in [-0.15, -0.1) is 0 Å². The van der Waals surface area contributed by atoms with E-state index in [9.17, 15) is 4.79 Å². The molecule has 0 aliphatic rings. The predicted octanol–water partition coefficient (Wildman–Crippen LogP) is 7.23. The Hall–Kier alpha value is -3.51. The number of rotatable bonds is 19. The Morgan fingerprint density at radius 1 is 0.511 bits per heavy atom. The van der Waals surface area contributed by atoms with Crippen LogP contribution in [0.25, 0.3) is 0 Å². The van der Waals surface area contributed by atoms with Gasteiger partial charge in [0.25, 0.3) is 0 Å². The SMILES string of the molecule is O=C(OC[C@H](OCc1ccccc1)[C@@H](OCc1ccccc1)[C@@H](C[Se]Cc1ccccc1)OCc1ccccc1)[Se]c1ccccc1. The molecule has 242 valence electrons. The Morgan fingerprint density at radius 3 is 1.45 bits per heavy atom. The van der Waals surface area contributed by atoms with E-state index in [0.717, 1.165) is 31.8 Å². The molecule has 5 aromatic rings. The van der Waals surface area contributed by atoms with Crippen molar-refractivity contribution in [2.45, 2.75) is 48.8 Å². The zero-order valence-corrected chi connectivity index (χ0v) is 29.7. The van der Waals surface area contributed by atoms with Crippen LogP contribution in [0.1, 0.15) is 22.3 Å². The van der Waals surface area contributed by atoms with Crippen molar-refractivity contribution < 1.29 is 23.7 Å². The van der Waals surface area contributed by atoms with E-state index in [-0.39, 0.29) is 32.5 Å². The number of carbonyl (C=O) groups excluding carboxylic acids is 1. The van der Waals surface area contributed by atoms with Gasteiger partial charge < -0.3 is 0 Å². The van der Waals surface area contributed by atoms with E-state index in [4.69, 9.17) is 18.9 Å². The molecule has 0 N–H and O–H groups in total. The van der Waals surface area contributed by atoms with Gasteiger partial charge in [-0.2, -0.15) is 0 Å². The van der Waals surface area contributed by atoms with Gasteiger partial charge in [-0.05, 0) is 0 Å². The quantitative estimate of drug-likeness (QED) is 0.0833. The molecule has 0 spiro atoms. The molecular weight excluding hydrogens is 718 g/mol. The van der Waals surface area contributed by atoms with E-state index in [1.807, 2.05) is 103 Å². The molecule has 3 atom stereocenters. The fraction of sp³-hybridized carbons (Fsp3) is 0.225. The van der Waals surface area contributed by atoms with E-state index in [1.54, 1.807) is 0 Å². The van der Waals surface area contributed by atoms with E-state index in [2.05, 4.69) is 48.5 Å². The Morgan fingerprint density at radius 2 is 0.936 bits per heavy atom. The third-order valence-corrected chi connectivity index (χ3v) is 11.3. The molecule has 5 rings (SSSR count). The first-order valence-corrected chi connectivity index (χ1v) is 19.8. The first-order chi connectivity index (χ1) is 23.2. The molecule has 0 bridgehead atoms. The first-order valence-electron chi connectivity index (χ1n) is 15.7. The monoisotopic (exact) mass is 760 g/mol. The summed E-state index contributed by atoms with van der Waals surface area (Å²) in [5.74, 6) is 0. The Bertz CT molecular complexity index is 1560. The summed E-state index contributed by atoms with van der Waals surface area (Å²) in [5, 5.41) is 1.79. The van der Waals surface area contributed by atoms with Crippen molar-refractivity contribution in [2.75, 3.05) is 6.61 Å². The maximum atomic E-state index is 13.1. The topological polar surface area (TPSA) is 54.0 Å². The van der Waals surface area contributed by atoms with Gasteiger partial charge >= 0.3 is 292 Å². The molecule has 5 nitrogen and oxygen atoms in total. The molecule has 0 aliphatic carbocycles. The third-order valence-electron chi connectivity index (χ3n) is 7.34. The van der Waals surface area contributed by atoms with E-state index < -0.39 is 27.2 Å². The fourth-order valence-electron chi connectivity index (χ4n) is 4.88. The van der Waals surface area contributed by atoms with Gasteiger partial charge in [-0.3, -0.25) is 0 Å². The summed E-state index contributed by atoms with van der Waals surface area (Å²) in [5.41, 5.74) is 4.49. The van der Waals surface area contributed by atoms with Crippen molar-refractivity contribution in [3.63, 3.8) is 0 Å². The van der Waals surface area contributed by atoms with E-state index in [1.165, 1.54) is 5.56 Å². The summed E-state index contributed by atoms with van der Waals surface area (Å²) in [6.45, 7) is 1.26. The van der Waals surface area contributed by atoms with Gasteiger partial charge in [-0.25, -0.2) is 0 Å². The maximum absolute atomic E-state index is 13.1. The second kappa shape index (κ2) is 20.0. The average Bonchev–Trinajstić information content (AvgIpc) is 3.13. The summed E-state index contributed by atoms with van der Waals surface area (Å²) < 4.78 is 27.0. The molecule has 0 saturated carbocycles. The predicted molar refractivity (Wildman–Crippen MR) is 189 cm³/mol. The van der Waals surface area contributed by atoms with Crippen LogP contribution in [-0.4, -0.2) is 59.7 Å². The fourth-order valence-corrected chi connectivity index (χ4v) is 8.40. The molecule has 47 heavy (non-hydrogen) atoms. The summed E-state index contributed by atoms with van der Waals surface area (Å²) >= 11 is -0.234. The molecule has 0 saturated heterocycles. The Balaban J connectivity index is 1.39. The zero-order chi connectivity index (χ0) is 32.4. The molecule has 0 fully saturated rings. The molecule has 0 amide bonds. The van der Waals surface area contributed by atoms with Crippen LogP contribution in [0.3, 0.4) is 0 Å². The van der Waals surface area contributed by atoms with Gasteiger partial charge in [0, 0.05) is 0 Å². The number of hydrogen-bond donors (Lipinski definition) is 0. The van der Waals surface area contributed by atoms with E-state index >= 15 is 0 Å². The van der Waals surface area contributed by atoms with Crippen LogP contribution in [0.4, 0.5) is 4.79 Å². The molecule has 0 aromatic heterocycles. The second-order valence-corrected chi connectivity index (χ2v) is 15.2. The number of benzene rings is 5. The van der Waals surface area contributed by atoms with Crippen molar-refractivity contribution >= 4 is 39.2 Å². The Labute approximate surface area is 290 Å². The molecule has 0 aliphatic heterocycles. The summed E-state index contributed by atoms with van der Waals surface area (Å²) in [4.78, 5) is 12.8. The second-order valence-electron chi connectivity index (χ2n) is 10.9. The Kier molecular flexibility index (Phi) is 14.8. The molecular formula is C40H40O5Se2. The normalized spacial score (nSPS) is 13.0. The average molecular weight is 759 g/mol. The molecule has 5 aromatic carbocycles. The van der Waals surface area contributed by atoms with Crippen molar-refractivity contribution in [3.05, 3.63) is 174 Å². The summed E-state index contributed by atoms with van der Waals surface area (Å²) in [6, 6.07) is 50.7. The summed E-state index contributed by atoms with van der Waals surface area (Å²) in [6.07, 6.45) is -1.33. The van der Waals surface area contributed by atoms with Crippen molar-refractivity contribution in [1.29, 1.82) is 0 Å². The van der Waals surface area contributed by atoms with Gasteiger partial charge in [0.15, 0.2) is 0 Å². The van der Waals surface area contributed by atoms with Gasteiger partial charge in [0.2, 0.25) is 0 Å². The van der Waals surface area contributed by atoms with Crippen LogP contribution >= 0.6 is 0 Å². The molecule has 0 unspecified atom stereocenters. The summed E-state index contributed by atoms with van der Waals surface area (Å²) in [7, 11) is 0. The van der Waals surface area contributed by atoms with Crippen LogP contribution in [0, 0.1) is 0 Å². The van der Waals surface area contributed by atoms with Crippen LogP contribution < -0.4 is 4.46 Å². The van der Waals surface area contributed by atoms with Crippen molar-refractivity contribution in [2.24, 2.45) is 0 Å². The van der Waals surface area contributed by atoms with Crippen LogP contribution in [-0.2, 0) is 44.1 Å². The third kappa shape index (κ3) is 12.6. The van der Waals surface area contributed by atoms with Gasteiger partial charge in [-0.1, -0.05) is 0 Å². The van der Waals surface area contributed by atoms with Crippen molar-refractivity contribution in [1.82, 2.24) is 0 Å². The number of carbonyl (C=O) groups is 1. The van der Waals surface area contributed by atoms with Crippen LogP contribution in [0.2, 0.25) is 5.32 Å². The first kappa shape index (κ1) is 34.8. The van der Waals surface area contributed by atoms with Crippen LogP contribution in [0.5, 0.6) is 0 Å². The minimum absolute atomic E-state index is 0.0661. The molecule has 0 heterocycles. The van der Waals surface area contributed by atoms with E-state index in [0.29, 0.717) is 19.8 Å². The van der Waals surface area contributed by atoms with Crippen molar-refractivity contribution in [3.8, 4) is 0 Å². The van der Waals surface area contributed by atoms with Gasteiger partial charge in [0.1, 0.15) is 0 Å². The molecule has 7 heteroatoms. The standard InChI is InChI=1S/C40H40O5Se2/c41-40(47-36-24-14-5-15-25-36)45-29-37(42-26-32-16-6-1-7-17-32)39(44-28-34-20-10-3-11-21-34)38(43-27-33-18-8-2-9-19-33)31-46-30-35-22-12-4-13-23-35/h1-25,37-39H,26-31H2/t37-,38+,39+/m0/s1.